The van der Waals surface area contributed by atoms with Crippen LogP contribution in [-0.4, -0.2) is 17.6 Å². The summed E-state index contributed by atoms with van der Waals surface area (Å²) >= 11 is 1.53. The van der Waals surface area contributed by atoms with Gasteiger partial charge in [-0.2, -0.15) is 0 Å². The maximum absolute atomic E-state index is 11.8. The van der Waals surface area contributed by atoms with E-state index in [-0.39, 0.29) is 11.8 Å². The number of fused-ring (bicyclic) bond motifs is 1. The molecule has 2 rings (SSSR count). The fourth-order valence-electron chi connectivity index (χ4n) is 1.69. The molecule has 1 aliphatic heterocycles. The summed E-state index contributed by atoms with van der Waals surface area (Å²) in [6, 6.07) is 5.88. The Morgan fingerprint density at radius 3 is 2.84 bits per heavy atom. The maximum Gasteiger partial charge on any atom is 0.234 e. The molecule has 5 heteroatoms. The predicted octanol–water partition coefficient (Wildman–Crippen LogP) is 2.39. The molecular weight excluding hydrogens is 260 g/mol. The van der Waals surface area contributed by atoms with Crippen LogP contribution in [0.3, 0.4) is 0 Å². The Morgan fingerprint density at radius 2 is 2.16 bits per heavy atom. The van der Waals surface area contributed by atoms with E-state index in [2.05, 4.69) is 10.6 Å². The monoisotopic (exact) mass is 278 g/mol. The Bertz CT molecular complexity index is 521. The largest absolute Gasteiger partial charge is 0.352 e. The second kappa shape index (κ2) is 5.25. The van der Waals surface area contributed by atoms with Gasteiger partial charge in [0, 0.05) is 16.9 Å². The zero-order valence-electron chi connectivity index (χ0n) is 11.4. The van der Waals surface area contributed by atoms with Crippen LogP contribution in [-0.2, 0) is 16.1 Å². The van der Waals surface area contributed by atoms with Crippen molar-refractivity contribution in [3.05, 3.63) is 23.8 Å². The van der Waals surface area contributed by atoms with Crippen molar-refractivity contribution in [2.24, 2.45) is 5.41 Å². The van der Waals surface area contributed by atoms with Crippen molar-refractivity contribution in [1.29, 1.82) is 0 Å². The number of nitrogens with one attached hydrogen (secondary N) is 2. The highest BCUT2D eigenvalue weighted by molar-refractivity contribution is 8.00. The molecule has 0 radical (unpaired) electrons. The third kappa shape index (κ3) is 3.50. The molecule has 2 N–H and O–H groups in total. The Kier molecular flexibility index (Phi) is 3.85. The van der Waals surface area contributed by atoms with Gasteiger partial charge in [0.2, 0.25) is 11.8 Å². The van der Waals surface area contributed by atoms with Crippen LogP contribution in [0.4, 0.5) is 5.69 Å². The first-order chi connectivity index (χ1) is 8.86. The van der Waals surface area contributed by atoms with E-state index in [0.29, 0.717) is 12.3 Å². The second-order valence-electron chi connectivity index (χ2n) is 5.60. The van der Waals surface area contributed by atoms with E-state index in [1.807, 2.05) is 39.0 Å². The molecule has 1 aliphatic rings. The lowest BCUT2D eigenvalue weighted by Crippen LogP contribution is -2.34. The fraction of sp³-hybridized carbons (Fsp3) is 0.429. The van der Waals surface area contributed by atoms with E-state index in [0.717, 1.165) is 16.1 Å². The Hall–Kier alpha value is -1.49. The fourth-order valence-corrected chi connectivity index (χ4v) is 2.48. The second-order valence-corrected chi connectivity index (χ2v) is 6.62. The first-order valence-electron chi connectivity index (χ1n) is 6.20. The minimum absolute atomic E-state index is 0.0173. The molecule has 102 valence electrons. The van der Waals surface area contributed by atoms with Crippen molar-refractivity contribution in [2.75, 3.05) is 11.1 Å². The lowest BCUT2D eigenvalue weighted by atomic mass is 9.95. The van der Waals surface area contributed by atoms with Crippen LogP contribution < -0.4 is 10.6 Å². The molecule has 1 aromatic carbocycles. The highest BCUT2D eigenvalue weighted by atomic mass is 32.2. The Balaban J connectivity index is 2.04. The van der Waals surface area contributed by atoms with Crippen LogP contribution in [0.1, 0.15) is 26.3 Å². The number of hydrogen-bond donors (Lipinski definition) is 2. The molecule has 0 spiro atoms. The van der Waals surface area contributed by atoms with Crippen LogP contribution >= 0.6 is 11.8 Å². The lowest BCUT2D eigenvalue weighted by Gasteiger charge is -2.19. The normalized spacial score (nSPS) is 14.6. The summed E-state index contributed by atoms with van der Waals surface area (Å²) in [5.41, 5.74) is 1.43. The van der Waals surface area contributed by atoms with Crippen molar-refractivity contribution >= 4 is 29.3 Å². The molecule has 0 atom stereocenters. The number of benzene rings is 1. The van der Waals surface area contributed by atoms with E-state index in [1.54, 1.807) is 0 Å². The molecule has 1 aromatic rings. The average molecular weight is 278 g/mol. The van der Waals surface area contributed by atoms with Gasteiger partial charge in [-0.05, 0) is 17.7 Å². The van der Waals surface area contributed by atoms with Gasteiger partial charge in [-0.3, -0.25) is 9.59 Å². The molecule has 4 nitrogen and oxygen atoms in total. The van der Waals surface area contributed by atoms with Crippen LogP contribution in [0.5, 0.6) is 0 Å². The summed E-state index contributed by atoms with van der Waals surface area (Å²) in [6.45, 7) is 6.12. The van der Waals surface area contributed by atoms with Gasteiger partial charge in [-0.15, -0.1) is 11.8 Å². The molecule has 19 heavy (non-hydrogen) atoms. The number of carbonyl (C=O) groups is 2. The molecule has 0 saturated carbocycles. The standard InChI is InChI=1S/C14H18N2O2S/c1-14(2,3)13(18)15-7-9-4-5-11-10(6-9)16-12(17)8-19-11/h4-6H,7-8H2,1-3H3,(H,15,18)(H,16,17). The quantitative estimate of drug-likeness (QED) is 0.873. The highest BCUT2D eigenvalue weighted by Crippen LogP contribution is 2.31. The molecule has 0 aromatic heterocycles. The van der Waals surface area contributed by atoms with E-state index in [1.165, 1.54) is 11.8 Å². The SMILES string of the molecule is CC(C)(C)C(=O)NCc1ccc2c(c1)NC(=O)CS2. The maximum atomic E-state index is 11.8. The van der Waals surface area contributed by atoms with Gasteiger partial charge in [-0.25, -0.2) is 0 Å². The van der Waals surface area contributed by atoms with Crippen molar-refractivity contribution in [3.8, 4) is 0 Å². The zero-order valence-corrected chi connectivity index (χ0v) is 12.2. The number of thioether (sulfide) groups is 1. The summed E-state index contributed by atoms with van der Waals surface area (Å²) in [5.74, 6) is 0.504. The first-order valence-corrected chi connectivity index (χ1v) is 7.19. The third-order valence-electron chi connectivity index (χ3n) is 2.81. The van der Waals surface area contributed by atoms with E-state index in [9.17, 15) is 9.59 Å². The summed E-state index contributed by atoms with van der Waals surface area (Å²) in [7, 11) is 0. The predicted molar refractivity (Wildman–Crippen MR) is 77.1 cm³/mol. The third-order valence-corrected chi connectivity index (χ3v) is 3.88. The van der Waals surface area contributed by atoms with Gasteiger partial charge >= 0.3 is 0 Å². The minimum Gasteiger partial charge on any atom is -0.352 e. The molecule has 0 aliphatic carbocycles. The molecule has 0 fully saturated rings. The van der Waals surface area contributed by atoms with Crippen LogP contribution in [0, 0.1) is 5.41 Å². The average Bonchev–Trinajstić information content (AvgIpc) is 2.34. The Morgan fingerprint density at radius 1 is 1.42 bits per heavy atom. The minimum atomic E-state index is -0.391. The van der Waals surface area contributed by atoms with Crippen molar-refractivity contribution in [2.45, 2.75) is 32.2 Å². The molecule has 2 amide bonds. The summed E-state index contributed by atoms with van der Waals surface area (Å²) in [5, 5.41) is 5.74. The molecule has 1 heterocycles. The van der Waals surface area contributed by atoms with Gasteiger partial charge in [-0.1, -0.05) is 26.8 Å². The number of rotatable bonds is 2. The van der Waals surface area contributed by atoms with Gasteiger partial charge in [0.25, 0.3) is 0 Å². The van der Waals surface area contributed by atoms with Crippen molar-refractivity contribution < 1.29 is 9.59 Å². The summed E-state index contributed by atoms with van der Waals surface area (Å²) in [4.78, 5) is 24.2. The highest BCUT2D eigenvalue weighted by Gasteiger charge is 2.21. The van der Waals surface area contributed by atoms with Gasteiger partial charge < -0.3 is 10.6 Å². The molecule has 0 unspecified atom stereocenters. The van der Waals surface area contributed by atoms with Gasteiger partial charge in [0.15, 0.2) is 0 Å². The van der Waals surface area contributed by atoms with Crippen molar-refractivity contribution in [3.63, 3.8) is 0 Å². The van der Waals surface area contributed by atoms with Crippen molar-refractivity contribution in [1.82, 2.24) is 5.32 Å². The van der Waals surface area contributed by atoms with Crippen LogP contribution in [0.15, 0.2) is 23.1 Å². The van der Waals surface area contributed by atoms with Gasteiger partial charge in [0.05, 0.1) is 11.4 Å². The molecule has 0 saturated heterocycles. The smallest absolute Gasteiger partial charge is 0.234 e. The van der Waals surface area contributed by atoms with Crippen LogP contribution in [0.2, 0.25) is 0 Å². The molecule has 0 bridgehead atoms. The number of anilines is 1. The first kappa shape index (κ1) is 13.9. The summed E-state index contributed by atoms with van der Waals surface area (Å²) < 4.78 is 0. The van der Waals surface area contributed by atoms with Crippen LogP contribution in [0.25, 0.3) is 0 Å². The van der Waals surface area contributed by atoms with E-state index < -0.39 is 5.41 Å². The van der Waals surface area contributed by atoms with Gasteiger partial charge in [0.1, 0.15) is 0 Å². The zero-order chi connectivity index (χ0) is 14.0. The van der Waals surface area contributed by atoms with E-state index in [4.69, 9.17) is 0 Å². The summed E-state index contributed by atoms with van der Waals surface area (Å²) in [6.07, 6.45) is 0. The van der Waals surface area contributed by atoms with E-state index >= 15 is 0 Å². The topological polar surface area (TPSA) is 58.2 Å². The number of amides is 2. The number of carbonyl (C=O) groups excluding carboxylic acids is 2. The molecular formula is C14H18N2O2S. The Labute approximate surface area is 117 Å². The lowest BCUT2D eigenvalue weighted by molar-refractivity contribution is -0.128. The number of hydrogen-bond acceptors (Lipinski definition) is 3.